The highest BCUT2D eigenvalue weighted by atomic mass is 16.3. The maximum Gasteiger partial charge on any atom is 0.136 e. The van der Waals surface area contributed by atoms with Gasteiger partial charge in [0.25, 0.3) is 0 Å². The van der Waals surface area contributed by atoms with E-state index < -0.39 is 0 Å². The Morgan fingerprint density at radius 2 is 1.23 bits per heavy atom. The first-order valence-electron chi connectivity index (χ1n) is 20.9. The van der Waals surface area contributed by atoms with E-state index in [-0.39, 0.29) is 11.6 Å². The summed E-state index contributed by atoms with van der Waals surface area (Å²) in [4.78, 5) is 0. The molecule has 0 spiro atoms. The first kappa shape index (κ1) is 35.9. The molecule has 0 radical (unpaired) electrons. The van der Waals surface area contributed by atoms with Crippen LogP contribution in [-0.4, -0.2) is 0 Å². The van der Waals surface area contributed by atoms with E-state index in [0.717, 1.165) is 50.7 Å². The summed E-state index contributed by atoms with van der Waals surface area (Å²) < 4.78 is 6.42. The van der Waals surface area contributed by atoms with Crippen molar-refractivity contribution in [3.8, 4) is 33.4 Å². The van der Waals surface area contributed by atoms with Gasteiger partial charge in [0.2, 0.25) is 0 Å². The molecule has 1 aromatic heterocycles. The second-order valence-corrected chi connectivity index (χ2v) is 16.7. The molecule has 0 fully saturated rings. The summed E-state index contributed by atoms with van der Waals surface area (Å²) in [7, 11) is 0. The van der Waals surface area contributed by atoms with Gasteiger partial charge in [-0.25, -0.2) is 0 Å². The zero-order valence-corrected chi connectivity index (χ0v) is 33.7. The SMILES string of the molecule is CC1(C)c2cc3ccccc3cc2-c2c(-c3ccc(/C(=C/Cc4cccc(-c5cccc6oc7cc8ccccc8cc7c56)c4)NC(N)c4ccccc4)cc3)cccc21. The predicted molar refractivity (Wildman–Crippen MR) is 252 cm³/mol. The Morgan fingerprint density at radius 1 is 0.567 bits per heavy atom. The number of nitrogens with two attached hydrogens (primary N) is 1. The molecule has 9 aromatic carbocycles. The third kappa shape index (κ3) is 6.09. The molecule has 10 aromatic rings. The summed E-state index contributed by atoms with van der Waals surface area (Å²) in [6.07, 6.45) is 2.62. The van der Waals surface area contributed by atoms with Gasteiger partial charge in [-0.15, -0.1) is 0 Å². The third-order valence-electron chi connectivity index (χ3n) is 12.7. The van der Waals surface area contributed by atoms with Crippen molar-refractivity contribution in [2.75, 3.05) is 0 Å². The third-order valence-corrected chi connectivity index (χ3v) is 12.7. The highest BCUT2D eigenvalue weighted by molar-refractivity contribution is 6.15. The van der Waals surface area contributed by atoms with Crippen LogP contribution in [0.5, 0.6) is 0 Å². The van der Waals surface area contributed by atoms with E-state index in [1.807, 2.05) is 18.2 Å². The van der Waals surface area contributed by atoms with Crippen LogP contribution in [0.1, 0.15) is 47.8 Å². The topological polar surface area (TPSA) is 51.2 Å². The van der Waals surface area contributed by atoms with Crippen molar-refractivity contribution in [3.05, 3.63) is 222 Å². The van der Waals surface area contributed by atoms with Crippen LogP contribution in [0.4, 0.5) is 0 Å². The average molecular weight is 773 g/mol. The van der Waals surface area contributed by atoms with Gasteiger partial charge in [0.15, 0.2) is 0 Å². The molecule has 3 heteroatoms. The number of nitrogens with one attached hydrogen (secondary N) is 1. The van der Waals surface area contributed by atoms with Crippen molar-refractivity contribution in [3.63, 3.8) is 0 Å². The lowest BCUT2D eigenvalue weighted by molar-refractivity contribution is 0.661. The Morgan fingerprint density at radius 3 is 2.02 bits per heavy atom. The molecule has 0 saturated heterocycles. The van der Waals surface area contributed by atoms with Crippen molar-refractivity contribution in [2.24, 2.45) is 5.73 Å². The second-order valence-electron chi connectivity index (χ2n) is 16.7. The lowest BCUT2D eigenvalue weighted by atomic mass is 9.81. The monoisotopic (exact) mass is 772 g/mol. The van der Waals surface area contributed by atoms with Gasteiger partial charge in [0, 0.05) is 21.9 Å². The lowest BCUT2D eigenvalue weighted by Gasteiger charge is -2.22. The van der Waals surface area contributed by atoms with Crippen molar-refractivity contribution >= 4 is 49.2 Å². The van der Waals surface area contributed by atoms with Crippen LogP contribution in [-0.2, 0) is 11.8 Å². The quantitative estimate of drug-likeness (QED) is 0.151. The molecule has 0 aliphatic heterocycles. The zero-order valence-electron chi connectivity index (χ0n) is 33.7. The molecule has 288 valence electrons. The van der Waals surface area contributed by atoms with Crippen LogP contribution in [0.2, 0.25) is 0 Å². The smallest absolute Gasteiger partial charge is 0.136 e. The largest absolute Gasteiger partial charge is 0.456 e. The summed E-state index contributed by atoms with van der Waals surface area (Å²) in [5.41, 5.74) is 23.1. The Balaban J connectivity index is 0.954. The number of hydrogen-bond acceptors (Lipinski definition) is 3. The van der Waals surface area contributed by atoms with Gasteiger partial charge in [-0.3, -0.25) is 0 Å². The van der Waals surface area contributed by atoms with Crippen LogP contribution in [0.3, 0.4) is 0 Å². The molecule has 0 saturated carbocycles. The van der Waals surface area contributed by atoms with E-state index in [1.165, 1.54) is 66.1 Å². The second kappa shape index (κ2) is 14.3. The fraction of sp³-hybridized carbons (Fsp3) is 0.0877. The maximum absolute atomic E-state index is 6.86. The van der Waals surface area contributed by atoms with E-state index in [4.69, 9.17) is 10.2 Å². The van der Waals surface area contributed by atoms with Gasteiger partial charge < -0.3 is 15.5 Å². The Kier molecular flexibility index (Phi) is 8.54. The summed E-state index contributed by atoms with van der Waals surface area (Å²) >= 11 is 0. The normalized spacial score (nSPS) is 13.8. The van der Waals surface area contributed by atoms with Crippen LogP contribution in [0.25, 0.3) is 82.6 Å². The standard InChI is InChI=1S/C57H44N2O/c1-57(2)49-23-11-21-45(54(49)47-32-40-16-6-8-18-42(40)34-50(47)57)37-26-28-38(29-27-37)51(59-56(58)39-14-4-3-5-15-39)30-25-36-13-10-20-44(31-36)46-22-12-24-52-55(46)48-33-41-17-7-9-19-43(41)35-53(48)60-52/h3-24,26-35,56,59H,25,58H2,1-2H3/b51-30-. The number of hydrogen-bond donors (Lipinski definition) is 2. The highest BCUT2D eigenvalue weighted by Gasteiger charge is 2.37. The Labute approximate surface area is 350 Å². The zero-order chi connectivity index (χ0) is 40.4. The summed E-state index contributed by atoms with van der Waals surface area (Å²) in [6.45, 7) is 4.71. The summed E-state index contributed by atoms with van der Waals surface area (Å²) in [5.74, 6) is 0. The van der Waals surface area contributed by atoms with Crippen LogP contribution in [0.15, 0.2) is 199 Å². The minimum Gasteiger partial charge on any atom is -0.456 e. The molecular weight excluding hydrogens is 729 g/mol. The summed E-state index contributed by atoms with van der Waals surface area (Å²) in [6, 6.07) is 67.7. The first-order valence-corrected chi connectivity index (χ1v) is 20.9. The average Bonchev–Trinajstić information content (AvgIpc) is 3.77. The fourth-order valence-electron chi connectivity index (χ4n) is 9.55. The summed E-state index contributed by atoms with van der Waals surface area (Å²) in [5, 5.41) is 10.9. The van der Waals surface area contributed by atoms with Gasteiger partial charge in [-0.2, -0.15) is 0 Å². The molecular formula is C57H44N2O. The molecule has 11 rings (SSSR count). The van der Waals surface area contributed by atoms with Crippen molar-refractivity contribution in [1.82, 2.24) is 5.32 Å². The molecule has 1 aliphatic carbocycles. The van der Waals surface area contributed by atoms with Crippen LogP contribution >= 0.6 is 0 Å². The van der Waals surface area contributed by atoms with Gasteiger partial charge in [-0.1, -0.05) is 178 Å². The van der Waals surface area contributed by atoms with Crippen molar-refractivity contribution in [2.45, 2.75) is 31.8 Å². The fourth-order valence-corrected chi connectivity index (χ4v) is 9.55. The van der Waals surface area contributed by atoms with Crippen molar-refractivity contribution in [1.29, 1.82) is 0 Å². The molecule has 3 nitrogen and oxygen atoms in total. The van der Waals surface area contributed by atoms with Crippen molar-refractivity contribution < 1.29 is 4.42 Å². The molecule has 1 aliphatic rings. The Bertz CT molecular complexity index is 3300. The number of allylic oxidation sites excluding steroid dienone is 1. The first-order chi connectivity index (χ1) is 29.4. The van der Waals surface area contributed by atoms with Crippen LogP contribution < -0.4 is 11.1 Å². The number of rotatable bonds is 8. The van der Waals surface area contributed by atoms with Gasteiger partial charge in [0.1, 0.15) is 17.3 Å². The van der Waals surface area contributed by atoms with E-state index in [0.29, 0.717) is 0 Å². The van der Waals surface area contributed by atoms with Gasteiger partial charge >= 0.3 is 0 Å². The molecule has 0 bridgehead atoms. The van der Waals surface area contributed by atoms with E-state index >= 15 is 0 Å². The number of benzene rings is 9. The minimum absolute atomic E-state index is 0.0942. The molecule has 3 N–H and O–H groups in total. The highest BCUT2D eigenvalue weighted by Crippen LogP contribution is 2.53. The Hall–Kier alpha value is -7.20. The van der Waals surface area contributed by atoms with E-state index in [1.54, 1.807) is 0 Å². The molecule has 1 unspecified atom stereocenters. The van der Waals surface area contributed by atoms with Gasteiger partial charge in [0.05, 0.1) is 0 Å². The maximum atomic E-state index is 6.86. The molecule has 60 heavy (non-hydrogen) atoms. The van der Waals surface area contributed by atoms with Crippen LogP contribution in [0, 0.1) is 0 Å². The van der Waals surface area contributed by atoms with E-state index in [9.17, 15) is 0 Å². The predicted octanol–water partition coefficient (Wildman–Crippen LogP) is 14.4. The lowest BCUT2D eigenvalue weighted by Crippen LogP contribution is -2.27. The molecule has 1 heterocycles. The number of furan rings is 1. The van der Waals surface area contributed by atoms with Gasteiger partial charge in [-0.05, 0) is 119 Å². The van der Waals surface area contributed by atoms with E-state index in [2.05, 4.69) is 195 Å². The minimum atomic E-state index is -0.377. The molecule has 1 atom stereocenters. The number of fused-ring (bicyclic) bond motifs is 8. The molecule has 0 amide bonds.